The van der Waals surface area contributed by atoms with E-state index in [-0.39, 0.29) is 6.04 Å². The molecule has 0 radical (unpaired) electrons. The van der Waals surface area contributed by atoms with Gasteiger partial charge in [-0.15, -0.1) is 0 Å². The molecule has 0 bridgehead atoms. The highest BCUT2D eigenvalue weighted by molar-refractivity contribution is 4.76. The van der Waals surface area contributed by atoms with Crippen LogP contribution in [0.5, 0.6) is 0 Å². The Kier molecular flexibility index (Phi) is 2.92. The third-order valence-corrected chi connectivity index (χ3v) is 1.62. The zero-order valence-electron chi connectivity index (χ0n) is 6.27. The van der Waals surface area contributed by atoms with E-state index in [1.165, 1.54) is 0 Å². The van der Waals surface area contributed by atoms with Crippen molar-refractivity contribution in [3.63, 3.8) is 0 Å². The smallest absolute Gasteiger partial charge is 0.382 e. The van der Waals surface area contributed by atoms with E-state index in [2.05, 4.69) is 5.32 Å². The zero-order chi connectivity index (χ0) is 9.19. The van der Waals surface area contributed by atoms with Crippen molar-refractivity contribution >= 4 is 0 Å². The first-order valence-corrected chi connectivity index (χ1v) is 3.56. The van der Waals surface area contributed by atoms with Crippen LogP contribution >= 0.6 is 0 Å². The monoisotopic (exact) mass is 185 g/mol. The van der Waals surface area contributed by atoms with E-state index >= 15 is 0 Å². The molecule has 2 N–H and O–H groups in total. The minimum absolute atomic E-state index is 0.0398. The molecular formula is C6H10F3NO2. The highest BCUT2D eigenvalue weighted by Gasteiger charge is 2.38. The molecule has 0 aliphatic carbocycles. The average Bonchev–Trinajstić information content (AvgIpc) is 1.81. The first-order chi connectivity index (χ1) is 5.50. The van der Waals surface area contributed by atoms with Gasteiger partial charge in [0.2, 0.25) is 0 Å². The standard InChI is InChI=1S/C6H10F3NO2/c7-6(8,9)5(11)1-10-4-2-12-3-4/h4-5,10-11H,1-3H2. The van der Waals surface area contributed by atoms with E-state index in [9.17, 15) is 13.2 Å². The third-order valence-electron chi connectivity index (χ3n) is 1.62. The van der Waals surface area contributed by atoms with Gasteiger partial charge >= 0.3 is 6.18 Å². The van der Waals surface area contributed by atoms with E-state index in [4.69, 9.17) is 9.84 Å². The second kappa shape index (κ2) is 3.59. The highest BCUT2D eigenvalue weighted by Crippen LogP contribution is 2.19. The van der Waals surface area contributed by atoms with Crippen LogP contribution < -0.4 is 5.32 Å². The number of hydrogen-bond donors (Lipinski definition) is 2. The van der Waals surface area contributed by atoms with E-state index in [1.54, 1.807) is 0 Å². The molecule has 1 unspecified atom stereocenters. The van der Waals surface area contributed by atoms with Gasteiger partial charge in [-0.3, -0.25) is 0 Å². The summed E-state index contributed by atoms with van der Waals surface area (Å²) in [5, 5.41) is 11.1. The Hall–Kier alpha value is -0.330. The molecule has 0 aromatic heterocycles. The van der Waals surface area contributed by atoms with Crippen LogP contribution in [-0.2, 0) is 4.74 Å². The SMILES string of the molecule is OC(CNC1COC1)C(F)(F)F. The van der Waals surface area contributed by atoms with Crippen LogP contribution in [0.2, 0.25) is 0 Å². The predicted octanol–water partition coefficient (Wildman–Crippen LogP) is -0.102. The maximum absolute atomic E-state index is 11.7. The molecule has 0 amide bonds. The van der Waals surface area contributed by atoms with E-state index in [1.807, 2.05) is 0 Å². The van der Waals surface area contributed by atoms with Crippen LogP contribution in [0.1, 0.15) is 0 Å². The van der Waals surface area contributed by atoms with Crippen LogP contribution in [0.15, 0.2) is 0 Å². The molecule has 72 valence electrons. The quantitative estimate of drug-likeness (QED) is 0.645. The summed E-state index contributed by atoms with van der Waals surface area (Å²) < 4.78 is 39.8. The predicted molar refractivity (Wildman–Crippen MR) is 34.7 cm³/mol. The van der Waals surface area contributed by atoms with Crippen LogP contribution in [0.4, 0.5) is 13.2 Å². The number of aliphatic hydroxyl groups excluding tert-OH is 1. The van der Waals surface area contributed by atoms with Crippen molar-refractivity contribution < 1.29 is 23.0 Å². The molecule has 1 atom stereocenters. The van der Waals surface area contributed by atoms with Crippen molar-refractivity contribution in [1.29, 1.82) is 0 Å². The molecule has 1 heterocycles. The topological polar surface area (TPSA) is 41.5 Å². The van der Waals surface area contributed by atoms with Gasteiger partial charge in [0.15, 0.2) is 6.10 Å². The first kappa shape index (κ1) is 9.76. The van der Waals surface area contributed by atoms with Crippen molar-refractivity contribution in [3.8, 4) is 0 Å². The second-order valence-electron chi connectivity index (χ2n) is 2.70. The minimum Gasteiger partial charge on any atom is -0.382 e. The molecule has 0 aromatic rings. The third kappa shape index (κ3) is 2.62. The normalized spacial score (nSPS) is 22.0. The average molecular weight is 185 g/mol. The van der Waals surface area contributed by atoms with Gasteiger partial charge in [0.25, 0.3) is 0 Å². The molecule has 1 aliphatic heterocycles. The fourth-order valence-corrected chi connectivity index (χ4v) is 0.748. The fourth-order valence-electron chi connectivity index (χ4n) is 0.748. The minimum atomic E-state index is -4.53. The van der Waals surface area contributed by atoms with Gasteiger partial charge in [-0.1, -0.05) is 0 Å². The number of alkyl halides is 3. The van der Waals surface area contributed by atoms with E-state index < -0.39 is 18.8 Å². The van der Waals surface area contributed by atoms with Crippen molar-refractivity contribution in [2.24, 2.45) is 0 Å². The van der Waals surface area contributed by atoms with Crippen LogP contribution in [-0.4, -0.2) is 43.2 Å². The van der Waals surface area contributed by atoms with Gasteiger partial charge in [-0.25, -0.2) is 0 Å². The largest absolute Gasteiger partial charge is 0.415 e. The molecule has 6 heteroatoms. The van der Waals surface area contributed by atoms with Crippen molar-refractivity contribution in [2.45, 2.75) is 18.3 Å². The van der Waals surface area contributed by atoms with E-state index in [0.717, 1.165) is 0 Å². The van der Waals surface area contributed by atoms with Gasteiger partial charge in [-0.2, -0.15) is 13.2 Å². The van der Waals surface area contributed by atoms with Gasteiger partial charge in [-0.05, 0) is 0 Å². The lowest BCUT2D eigenvalue weighted by Gasteiger charge is -2.28. The maximum Gasteiger partial charge on any atom is 0.415 e. The number of ether oxygens (including phenoxy) is 1. The fraction of sp³-hybridized carbons (Fsp3) is 1.00. The Labute approximate surface area is 67.5 Å². The lowest BCUT2D eigenvalue weighted by atomic mass is 10.2. The number of halogens is 3. The highest BCUT2D eigenvalue weighted by atomic mass is 19.4. The molecule has 1 rings (SSSR count). The second-order valence-corrected chi connectivity index (χ2v) is 2.70. The summed E-state index contributed by atoms with van der Waals surface area (Å²) in [5.74, 6) is 0. The molecule has 0 spiro atoms. The first-order valence-electron chi connectivity index (χ1n) is 3.56. The molecule has 1 aliphatic rings. The van der Waals surface area contributed by atoms with Crippen LogP contribution in [0.3, 0.4) is 0 Å². The van der Waals surface area contributed by atoms with E-state index in [0.29, 0.717) is 13.2 Å². The summed E-state index contributed by atoms with van der Waals surface area (Å²) in [5.41, 5.74) is 0. The number of hydrogen-bond acceptors (Lipinski definition) is 3. The Bertz CT molecular complexity index is 146. The number of rotatable bonds is 3. The Morgan fingerprint density at radius 2 is 2.08 bits per heavy atom. The zero-order valence-corrected chi connectivity index (χ0v) is 6.27. The van der Waals surface area contributed by atoms with Crippen molar-refractivity contribution in [1.82, 2.24) is 5.32 Å². The van der Waals surface area contributed by atoms with Crippen molar-refractivity contribution in [3.05, 3.63) is 0 Å². The molecule has 1 fully saturated rings. The summed E-state index contributed by atoms with van der Waals surface area (Å²) in [6.07, 6.45) is -6.81. The molecule has 3 nitrogen and oxygen atoms in total. The molecule has 0 saturated carbocycles. The summed E-state index contributed by atoms with van der Waals surface area (Å²) in [6.45, 7) is 0.382. The van der Waals surface area contributed by atoms with Crippen molar-refractivity contribution in [2.75, 3.05) is 19.8 Å². The molecule has 1 saturated heterocycles. The van der Waals surface area contributed by atoms with Gasteiger partial charge < -0.3 is 15.2 Å². The Morgan fingerprint density at radius 3 is 2.42 bits per heavy atom. The van der Waals surface area contributed by atoms with Crippen LogP contribution in [0, 0.1) is 0 Å². The summed E-state index contributed by atoms with van der Waals surface area (Å²) in [6, 6.07) is -0.0398. The molecule has 0 aromatic carbocycles. The lowest BCUT2D eigenvalue weighted by molar-refractivity contribution is -0.203. The summed E-state index contributed by atoms with van der Waals surface area (Å²) in [4.78, 5) is 0. The van der Waals surface area contributed by atoms with Gasteiger partial charge in [0.1, 0.15) is 0 Å². The lowest BCUT2D eigenvalue weighted by Crippen LogP contribution is -2.50. The van der Waals surface area contributed by atoms with Gasteiger partial charge in [0, 0.05) is 6.54 Å². The summed E-state index contributed by atoms with van der Waals surface area (Å²) in [7, 11) is 0. The Morgan fingerprint density at radius 1 is 1.50 bits per heavy atom. The molecular weight excluding hydrogens is 175 g/mol. The molecule has 12 heavy (non-hydrogen) atoms. The van der Waals surface area contributed by atoms with Crippen LogP contribution in [0.25, 0.3) is 0 Å². The van der Waals surface area contributed by atoms with Gasteiger partial charge in [0.05, 0.1) is 19.3 Å². The number of aliphatic hydroxyl groups is 1. The number of nitrogens with one attached hydrogen (secondary N) is 1. The maximum atomic E-state index is 11.7. The summed E-state index contributed by atoms with van der Waals surface area (Å²) >= 11 is 0. The Balaban J connectivity index is 2.13.